The average Bonchev–Trinajstić information content (AvgIpc) is 2.25. The summed E-state index contributed by atoms with van der Waals surface area (Å²) in [4.78, 5) is 11.1. The van der Waals surface area contributed by atoms with E-state index in [4.69, 9.17) is 10.5 Å². The van der Waals surface area contributed by atoms with E-state index in [2.05, 4.69) is 15.9 Å². The molecule has 3 nitrogen and oxygen atoms in total. The molecular weight excluding hydrogens is 270 g/mol. The Labute approximate surface area is 104 Å². The van der Waals surface area contributed by atoms with Crippen LogP contribution in [-0.2, 0) is 11.2 Å². The van der Waals surface area contributed by atoms with Crippen molar-refractivity contribution in [2.75, 3.05) is 7.11 Å². The van der Waals surface area contributed by atoms with Gasteiger partial charge < -0.3 is 10.5 Å². The fraction of sp³-hybridized carbons (Fsp3) is 0.417. The second-order valence-corrected chi connectivity index (χ2v) is 4.53. The van der Waals surface area contributed by atoms with Crippen molar-refractivity contribution in [3.05, 3.63) is 28.2 Å². The van der Waals surface area contributed by atoms with E-state index in [1.807, 2.05) is 25.1 Å². The first kappa shape index (κ1) is 13.0. The van der Waals surface area contributed by atoms with Crippen molar-refractivity contribution in [2.45, 2.75) is 19.8 Å². The number of amides is 1. The van der Waals surface area contributed by atoms with Gasteiger partial charge in [0.2, 0.25) is 5.91 Å². The van der Waals surface area contributed by atoms with Crippen molar-refractivity contribution in [2.24, 2.45) is 11.7 Å². The zero-order chi connectivity index (χ0) is 12.1. The lowest BCUT2D eigenvalue weighted by Gasteiger charge is -2.11. The highest BCUT2D eigenvalue weighted by Crippen LogP contribution is 2.26. The van der Waals surface area contributed by atoms with Crippen molar-refractivity contribution < 1.29 is 9.53 Å². The number of carbonyl (C=O) groups is 1. The molecule has 0 fully saturated rings. The minimum atomic E-state index is -0.241. The first-order chi connectivity index (χ1) is 7.58. The fourth-order valence-electron chi connectivity index (χ4n) is 1.57. The Hall–Kier alpha value is -1.03. The molecule has 0 saturated heterocycles. The van der Waals surface area contributed by atoms with E-state index in [-0.39, 0.29) is 11.8 Å². The van der Waals surface area contributed by atoms with Crippen LogP contribution < -0.4 is 10.5 Å². The summed E-state index contributed by atoms with van der Waals surface area (Å²) in [6.45, 7) is 1.97. The normalized spacial score (nSPS) is 12.2. The first-order valence-electron chi connectivity index (χ1n) is 5.20. The molecule has 0 aliphatic heterocycles. The van der Waals surface area contributed by atoms with E-state index >= 15 is 0 Å². The van der Waals surface area contributed by atoms with Gasteiger partial charge in [-0.05, 0) is 46.5 Å². The first-order valence-corrected chi connectivity index (χ1v) is 5.99. The number of nitrogens with two attached hydrogens (primary N) is 1. The summed E-state index contributed by atoms with van der Waals surface area (Å²) < 4.78 is 6.04. The van der Waals surface area contributed by atoms with Crippen LogP contribution in [0.15, 0.2) is 22.7 Å². The molecule has 0 heterocycles. The maximum Gasteiger partial charge on any atom is 0.220 e. The molecule has 1 rings (SSSR count). The van der Waals surface area contributed by atoms with Crippen molar-refractivity contribution in [3.63, 3.8) is 0 Å². The van der Waals surface area contributed by atoms with Gasteiger partial charge in [-0.3, -0.25) is 4.79 Å². The van der Waals surface area contributed by atoms with Crippen LogP contribution in [0.2, 0.25) is 0 Å². The number of benzene rings is 1. The zero-order valence-electron chi connectivity index (χ0n) is 9.50. The number of halogens is 1. The van der Waals surface area contributed by atoms with E-state index in [0.717, 1.165) is 22.2 Å². The van der Waals surface area contributed by atoms with E-state index < -0.39 is 0 Å². The molecule has 0 saturated carbocycles. The predicted molar refractivity (Wildman–Crippen MR) is 67.4 cm³/mol. The van der Waals surface area contributed by atoms with E-state index in [0.29, 0.717) is 6.42 Å². The van der Waals surface area contributed by atoms with Gasteiger partial charge in [-0.1, -0.05) is 13.0 Å². The molecule has 0 bridgehead atoms. The Balaban J connectivity index is 2.81. The molecule has 0 spiro atoms. The highest BCUT2D eigenvalue weighted by atomic mass is 79.9. The van der Waals surface area contributed by atoms with Gasteiger partial charge in [0.1, 0.15) is 5.75 Å². The predicted octanol–water partition coefficient (Wildman–Crippen LogP) is 2.51. The molecule has 1 amide bonds. The van der Waals surface area contributed by atoms with Crippen LogP contribution in [0.25, 0.3) is 0 Å². The third kappa shape index (κ3) is 3.23. The number of carbonyl (C=O) groups excluding carboxylic acids is 1. The third-order valence-electron chi connectivity index (χ3n) is 2.59. The van der Waals surface area contributed by atoms with E-state index in [9.17, 15) is 4.79 Å². The highest BCUT2D eigenvalue weighted by molar-refractivity contribution is 9.10. The van der Waals surface area contributed by atoms with Crippen molar-refractivity contribution >= 4 is 21.8 Å². The van der Waals surface area contributed by atoms with Crippen molar-refractivity contribution in [1.29, 1.82) is 0 Å². The molecule has 0 aromatic heterocycles. The molecule has 0 radical (unpaired) electrons. The lowest BCUT2D eigenvalue weighted by atomic mass is 9.96. The van der Waals surface area contributed by atoms with E-state index in [1.54, 1.807) is 7.11 Å². The molecule has 1 aromatic rings. The van der Waals surface area contributed by atoms with Gasteiger partial charge >= 0.3 is 0 Å². The lowest BCUT2D eigenvalue weighted by Crippen LogP contribution is -2.24. The Morgan fingerprint density at radius 2 is 2.25 bits per heavy atom. The van der Waals surface area contributed by atoms with Gasteiger partial charge in [0.05, 0.1) is 11.6 Å². The molecule has 0 aliphatic rings. The van der Waals surface area contributed by atoms with Crippen LogP contribution in [0, 0.1) is 5.92 Å². The molecule has 1 atom stereocenters. The van der Waals surface area contributed by atoms with Crippen LogP contribution in [-0.4, -0.2) is 13.0 Å². The molecule has 1 unspecified atom stereocenters. The SMILES string of the molecule is CCC(Cc1ccc(OC)c(Br)c1)C(N)=O. The molecule has 88 valence electrons. The Morgan fingerprint density at radius 3 is 2.69 bits per heavy atom. The standard InChI is InChI=1S/C12H16BrNO2/c1-3-9(12(14)15)6-8-4-5-11(16-2)10(13)7-8/h4-5,7,9H,3,6H2,1-2H3,(H2,14,15). The number of hydrogen-bond donors (Lipinski definition) is 1. The minimum absolute atomic E-state index is 0.0969. The minimum Gasteiger partial charge on any atom is -0.496 e. The van der Waals surface area contributed by atoms with Gasteiger partial charge in [-0.15, -0.1) is 0 Å². The number of hydrogen-bond acceptors (Lipinski definition) is 2. The fourth-order valence-corrected chi connectivity index (χ4v) is 2.16. The Bertz CT molecular complexity index is 379. The third-order valence-corrected chi connectivity index (χ3v) is 3.21. The second kappa shape index (κ2) is 5.89. The van der Waals surface area contributed by atoms with Gasteiger partial charge in [0.25, 0.3) is 0 Å². The summed E-state index contributed by atoms with van der Waals surface area (Å²) in [6.07, 6.45) is 1.44. The number of primary amides is 1. The van der Waals surface area contributed by atoms with Crippen LogP contribution in [0.5, 0.6) is 5.75 Å². The van der Waals surface area contributed by atoms with Crippen molar-refractivity contribution in [3.8, 4) is 5.75 Å². The average molecular weight is 286 g/mol. The van der Waals surface area contributed by atoms with E-state index in [1.165, 1.54) is 0 Å². The summed E-state index contributed by atoms with van der Waals surface area (Å²) in [6, 6.07) is 5.80. The number of ether oxygens (including phenoxy) is 1. The smallest absolute Gasteiger partial charge is 0.220 e. The number of rotatable bonds is 5. The highest BCUT2D eigenvalue weighted by Gasteiger charge is 2.14. The molecular formula is C12H16BrNO2. The topological polar surface area (TPSA) is 52.3 Å². The quantitative estimate of drug-likeness (QED) is 0.904. The zero-order valence-corrected chi connectivity index (χ0v) is 11.1. The number of methoxy groups -OCH3 is 1. The molecule has 2 N–H and O–H groups in total. The largest absolute Gasteiger partial charge is 0.496 e. The summed E-state index contributed by atoms with van der Waals surface area (Å²) in [5.74, 6) is 0.450. The van der Waals surface area contributed by atoms with Crippen LogP contribution in [0.4, 0.5) is 0 Å². The Morgan fingerprint density at radius 1 is 1.56 bits per heavy atom. The van der Waals surface area contributed by atoms with Crippen LogP contribution in [0.3, 0.4) is 0 Å². The monoisotopic (exact) mass is 285 g/mol. The second-order valence-electron chi connectivity index (χ2n) is 3.68. The summed E-state index contributed by atoms with van der Waals surface area (Å²) >= 11 is 3.41. The maximum absolute atomic E-state index is 11.1. The summed E-state index contributed by atoms with van der Waals surface area (Å²) in [7, 11) is 1.62. The van der Waals surface area contributed by atoms with Crippen LogP contribution in [0.1, 0.15) is 18.9 Å². The van der Waals surface area contributed by atoms with Gasteiger partial charge in [0, 0.05) is 5.92 Å². The van der Waals surface area contributed by atoms with Crippen LogP contribution >= 0.6 is 15.9 Å². The molecule has 1 aromatic carbocycles. The molecule has 0 aliphatic carbocycles. The van der Waals surface area contributed by atoms with Gasteiger partial charge in [-0.25, -0.2) is 0 Å². The Kier molecular flexibility index (Phi) is 4.80. The van der Waals surface area contributed by atoms with Gasteiger partial charge in [0.15, 0.2) is 0 Å². The molecule has 4 heteroatoms. The lowest BCUT2D eigenvalue weighted by molar-refractivity contribution is -0.121. The van der Waals surface area contributed by atoms with Crippen molar-refractivity contribution in [1.82, 2.24) is 0 Å². The maximum atomic E-state index is 11.1. The van der Waals surface area contributed by atoms with Gasteiger partial charge in [-0.2, -0.15) is 0 Å². The summed E-state index contributed by atoms with van der Waals surface area (Å²) in [5.41, 5.74) is 6.40. The molecule has 16 heavy (non-hydrogen) atoms. The summed E-state index contributed by atoms with van der Waals surface area (Å²) in [5, 5.41) is 0.